The van der Waals surface area contributed by atoms with E-state index in [0.717, 1.165) is 37.2 Å². The highest BCUT2D eigenvalue weighted by Gasteiger charge is 2.34. The molecule has 0 radical (unpaired) electrons. The Morgan fingerprint density at radius 2 is 1.95 bits per heavy atom. The first-order valence-corrected chi connectivity index (χ1v) is 7.00. The standard InChI is InChI=1S/C15H21FN2O/c1-9-5-15(13(10(2)17)6-14(9)16)18-7-11-3-4-12(8-18)19-11/h5-6,10-12H,3-4,7-8,17H2,1-2H3/t10-,11?,12?/m1/s1. The fraction of sp³-hybridized carbons (Fsp3) is 0.600. The fourth-order valence-electron chi connectivity index (χ4n) is 3.13. The van der Waals surface area contributed by atoms with Crippen LogP contribution in [0.15, 0.2) is 12.1 Å². The molecule has 0 aliphatic carbocycles. The molecular formula is C15H21FN2O. The Kier molecular flexibility index (Phi) is 3.23. The van der Waals surface area contributed by atoms with Gasteiger partial charge in [0.1, 0.15) is 5.82 Å². The molecule has 19 heavy (non-hydrogen) atoms. The summed E-state index contributed by atoms with van der Waals surface area (Å²) < 4.78 is 19.6. The smallest absolute Gasteiger partial charge is 0.126 e. The summed E-state index contributed by atoms with van der Waals surface area (Å²) in [6.45, 7) is 5.49. The summed E-state index contributed by atoms with van der Waals surface area (Å²) in [6, 6.07) is 3.36. The maximum absolute atomic E-state index is 13.8. The number of fused-ring (bicyclic) bond motifs is 2. The lowest BCUT2D eigenvalue weighted by atomic mass is 10.0. The predicted molar refractivity (Wildman–Crippen MR) is 73.8 cm³/mol. The summed E-state index contributed by atoms with van der Waals surface area (Å²) in [5.41, 5.74) is 8.65. The van der Waals surface area contributed by atoms with E-state index in [9.17, 15) is 4.39 Å². The van der Waals surface area contributed by atoms with E-state index in [1.165, 1.54) is 0 Å². The zero-order valence-electron chi connectivity index (χ0n) is 11.5. The van der Waals surface area contributed by atoms with E-state index < -0.39 is 0 Å². The molecular weight excluding hydrogens is 243 g/mol. The van der Waals surface area contributed by atoms with Gasteiger partial charge in [-0.05, 0) is 49.9 Å². The molecule has 2 aliphatic rings. The van der Waals surface area contributed by atoms with Crippen LogP contribution in [0.1, 0.15) is 36.9 Å². The number of nitrogens with two attached hydrogens (primary N) is 1. The van der Waals surface area contributed by atoms with Crippen molar-refractivity contribution in [1.29, 1.82) is 0 Å². The molecule has 3 nitrogen and oxygen atoms in total. The number of benzene rings is 1. The van der Waals surface area contributed by atoms with Gasteiger partial charge in [0.05, 0.1) is 12.2 Å². The lowest BCUT2D eigenvalue weighted by molar-refractivity contribution is 0.0304. The number of hydrogen-bond donors (Lipinski definition) is 1. The van der Waals surface area contributed by atoms with Gasteiger partial charge in [-0.1, -0.05) is 0 Å². The summed E-state index contributed by atoms with van der Waals surface area (Å²) in [7, 11) is 0. The van der Waals surface area contributed by atoms with Gasteiger partial charge in [0.25, 0.3) is 0 Å². The van der Waals surface area contributed by atoms with E-state index in [1.54, 1.807) is 13.0 Å². The van der Waals surface area contributed by atoms with E-state index in [4.69, 9.17) is 10.5 Å². The molecule has 2 unspecified atom stereocenters. The van der Waals surface area contributed by atoms with Crippen molar-refractivity contribution in [2.45, 2.75) is 44.9 Å². The third-order valence-electron chi connectivity index (χ3n) is 4.18. The Morgan fingerprint density at radius 1 is 1.32 bits per heavy atom. The van der Waals surface area contributed by atoms with Crippen molar-refractivity contribution in [2.24, 2.45) is 5.73 Å². The molecule has 2 N–H and O–H groups in total. The lowest BCUT2D eigenvalue weighted by Gasteiger charge is -2.35. The fourth-order valence-corrected chi connectivity index (χ4v) is 3.13. The van der Waals surface area contributed by atoms with Gasteiger partial charge in [-0.25, -0.2) is 4.39 Å². The minimum Gasteiger partial charge on any atom is -0.371 e. The van der Waals surface area contributed by atoms with Crippen LogP contribution in [0.3, 0.4) is 0 Å². The van der Waals surface area contributed by atoms with E-state index in [0.29, 0.717) is 17.8 Å². The van der Waals surface area contributed by atoms with E-state index >= 15 is 0 Å². The van der Waals surface area contributed by atoms with Gasteiger partial charge >= 0.3 is 0 Å². The van der Waals surface area contributed by atoms with Crippen molar-refractivity contribution in [3.63, 3.8) is 0 Å². The summed E-state index contributed by atoms with van der Waals surface area (Å²) in [5.74, 6) is -0.174. The van der Waals surface area contributed by atoms with Crippen molar-refractivity contribution in [1.82, 2.24) is 0 Å². The molecule has 2 fully saturated rings. The van der Waals surface area contributed by atoms with E-state index in [-0.39, 0.29) is 11.9 Å². The molecule has 104 valence electrons. The third kappa shape index (κ3) is 2.35. The normalized spacial score (nSPS) is 27.7. The van der Waals surface area contributed by atoms with Crippen LogP contribution >= 0.6 is 0 Å². The van der Waals surface area contributed by atoms with Crippen molar-refractivity contribution in [3.8, 4) is 0 Å². The number of aryl methyl sites for hydroxylation is 1. The summed E-state index contributed by atoms with van der Waals surface area (Å²) in [6.07, 6.45) is 2.92. The van der Waals surface area contributed by atoms with Crippen molar-refractivity contribution < 1.29 is 9.13 Å². The minimum atomic E-state index is -0.174. The molecule has 4 heteroatoms. The van der Waals surface area contributed by atoms with Crippen LogP contribution in [0.4, 0.5) is 10.1 Å². The molecule has 0 saturated carbocycles. The van der Waals surface area contributed by atoms with Crippen molar-refractivity contribution in [2.75, 3.05) is 18.0 Å². The minimum absolute atomic E-state index is 0.161. The highest BCUT2D eigenvalue weighted by atomic mass is 19.1. The van der Waals surface area contributed by atoms with E-state index in [1.807, 2.05) is 13.0 Å². The van der Waals surface area contributed by atoms with Crippen molar-refractivity contribution in [3.05, 3.63) is 29.1 Å². The third-order valence-corrected chi connectivity index (χ3v) is 4.18. The first kappa shape index (κ1) is 12.9. The number of rotatable bonds is 2. The zero-order chi connectivity index (χ0) is 13.6. The molecule has 1 aromatic carbocycles. The average Bonchev–Trinajstić information content (AvgIpc) is 2.71. The van der Waals surface area contributed by atoms with Gasteiger partial charge in [-0.15, -0.1) is 0 Å². The Bertz CT molecular complexity index is 477. The Balaban J connectivity index is 1.97. The van der Waals surface area contributed by atoms with Gasteiger partial charge < -0.3 is 15.4 Å². The van der Waals surface area contributed by atoms with Crippen LogP contribution in [0, 0.1) is 12.7 Å². The monoisotopic (exact) mass is 264 g/mol. The molecule has 0 aromatic heterocycles. The summed E-state index contributed by atoms with van der Waals surface area (Å²) in [4.78, 5) is 2.32. The van der Waals surface area contributed by atoms with Crippen molar-refractivity contribution >= 4 is 5.69 Å². The topological polar surface area (TPSA) is 38.5 Å². The number of halogens is 1. The summed E-state index contributed by atoms with van der Waals surface area (Å²) in [5, 5.41) is 0. The molecule has 2 saturated heterocycles. The van der Waals surface area contributed by atoms with Gasteiger partial charge in [0.2, 0.25) is 0 Å². The second kappa shape index (κ2) is 4.76. The number of ether oxygens (including phenoxy) is 1. The average molecular weight is 264 g/mol. The highest BCUT2D eigenvalue weighted by molar-refractivity contribution is 5.57. The molecule has 3 rings (SSSR count). The Morgan fingerprint density at radius 3 is 2.53 bits per heavy atom. The van der Waals surface area contributed by atoms with Crippen LogP contribution in [0.5, 0.6) is 0 Å². The quantitative estimate of drug-likeness (QED) is 0.892. The maximum atomic E-state index is 13.8. The van der Waals surface area contributed by atoms with Crippen LogP contribution in [-0.4, -0.2) is 25.3 Å². The molecule has 2 heterocycles. The maximum Gasteiger partial charge on any atom is 0.126 e. The SMILES string of the molecule is Cc1cc(N2CC3CCC(C2)O3)c([C@@H](C)N)cc1F. The number of morpholine rings is 1. The molecule has 2 aliphatic heterocycles. The van der Waals surface area contributed by atoms with Gasteiger partial charge in [-0.3, -0.25) is 0 Å². The molecule has 2 bridgehead atoms. The predicted octanol–water partition coefficient (Wildman–Crippen LogP) is 2.52. The second-order valence-electron chi connectivity index (χ2n) is 5.81. The number of anilines is 1. The number of hydrogen-bond acceptors (Lipinski definition) is 3. The zero-order valence-corrected chi connectivity index (χ0v) is 11.5. The second-order valence-corrected chi connectivity index (χ2v) is 5.81. The van der Waals surface area contributed by atoms with Gasteiger partial charge in [0.15, 0.2) is 0 Å². The Hall–Kier alpha value is -1.13. The lowest BCUT2D eigenvalue weighted by Crippen LogP contribution is -2.43. The van der Waals surface area contributed by atoms with Crippen LogP contribution in [0.2, 0.25) is 0 Å². The largest absolute Gasteiger partial charge is 0.371 e. The van der Waals surface area contributed by atoms with E-state index in [2.05, 4.69) is 4.90 Å². The molecule has 0 spiro atoms. The van der Waals surface area contributed by atoms with Crippen LogP contribution < -0.4 is 10.6 Å². The first-order chi connectivity index (χ1) is 9.04. The number of nitrogens with zero attached hydrogens (tertiary/aromatic N) is 1. The molecule has 0 amide bonds. The first-order valence-electron chi connectivity index (χ1n) is 7.00. The van der Waals surface area contributed by atoms with Crippen LogP contribution in [0.25, 0.3) is 0 Å². The molecule has 1 aromatic rings. The van der Waals surface area contributed by atoms with Crippen LogP contribution in [-0.2, 0) is 4.74 Å². The highest BCUT2D eigenvalue weighted by Crippen LogP contribution is 2.34. The summed E-state index contributed by atoms with van der Waals surface area (Å²) >= 11 is 0. The molecule has 3 atom stereocenters. The van der Waals surface area contributed by atoms with Gasteiger partial charge in [-0.2, -0.15) is 0 Å². The Labute approximate surface area is 113 Å². The van der Waals surface area contributed by atoms with Gasteiger partial charge in [0, 0.05) is 24.8 Å².